The normalized spacial score (nSPS) is 20.3. The lowest BCUT2D eigenvalue weighted by molar-refractivity contribution is -0.152. The van der Waals surface area contributed by atoms with E-state index >= 15 is 0 Å². The standard InChI is InChI=1S/C25H28N2O4/c1-16-7-5-12-22(17(16)2)27-14-19(13-24(27)29)25(30)31-15-23(28)26-21-11-6-9-18-8-3-4-10-20(18)21/h3-5,7-8,10,12,19,21H,6,9,11,13-15H2,1-2H3,(H,26,28)/t19-,21-/m0/s1. The van der Waals surface area contributed by atoms with Crippen LogP contribution >= 0.6 is 0 Å². The number of ether oxygens (including phenoxy) is 1. The molecule has 0 bridgehead atoms. The number of nitrogens with one attached hydrogen (secondary N) is 1. The van der Waals surface area contributed by atoms with Gasteiger partial charge in [0, 0.05) is 18.7 Å². The lowest BCUT2D eigenvalue weighted by Crippen LogP contribution is -2.35. The Morgan fingerprint density at radius 1 is 1.13 bits per heavy atom. The van der Waals surface area contributed by atoms with Crippen molar-refractivity contribution in [3.63, 3.8) is 0 Å². The Morgan fingerprint density at radius 2 is 1.94 bits per heavy atom. The van der Waals surface area contributed by atoms with Gasteiger partial charge in [0.05, 0.1) is 12.0 Å². The third-order valence-electron chi connectivity index (χ3n) is 6.38. The third-order valence-corrected chi connectivity index (χ3v) is 6.38. The van der Waals surface area contributed by atoms with E-state index in [4.69, 9.17) is 4.74 Å². The molecule has 162 valence electrons. The number of carbonyl (C=O) groups excluding carboxylic acids is 3. The molecule has 1 heterocycles. The maximum atomic E-state index is 12.5. The number of esters is 1. The van der Waals surface area contributed by atoms with E-state index in [1.54, 1.807) is 4.90 Å². The van der Waals surface area contributed by atoms with Gasteiger partial charge in [-0.3, -0.25) is 14.4 Å². The molecule has 0 aromatic heterocycles. The molecular formula is C25H28N2O4. The third kappa shape index (κ3) is 4.48. The molecule has 4 rings (SSSR count). The zero-order valence-corrected chi connectivity index (χ0v) is 18.0. The van der Waals surface area contributed by atoms with E-state index in [0.29, 0.717) is 0 Å². The van der Waals surface area contributed by atoms with Gasteiger partial charge < -0.3 is 15.0 Å². The fourth-order valence-electron chi connectivity index (χ4n) is 4.52. The molecule has 0 unspecified atom stereocenters. The van der Waals surface area contributed by atoms with Gasteiger partial charge in [-0.15, -0.1) is 0 Å². The maximum absolute atomic E-state index is 12.5. The highest BCUT2D eigenvalue weighted by Crippen LogP contribution is 2.31. The number of nitrogens with zero attached hydrogens (tertiary/aromatic N) is 1. The summed E-state index contributed by atoms with van der Waals surface area (Å²) >= 11 is 0. The number of rotatable bonds is 5. The van der Waals surface area contributed by atoms with Crippen LogP contribution in [-0.2, 0) is 25.5 Å². The first kappa shape index (κ1) is 21.1. The number of amides is 2. The van der Waals surface area contributed by atoms with Gasteiger partial charge in [0.25, 0.3) is 5.91 Å². The van der Waals surface area contributed by atoms with E-state index in [2.05, 4.69) is 11.4 Å². The van der Waals surface area contributed by atoms with Crippen molar-refractivity contribution in [3.05, 3.63) is 64.7 Å². The van der Waals surface area contributed by atoms with E-state index in [9.17, 15) is 14.4 Å². The van der Waals surface area contributed by atoms with Crippen LogP contribution in [0.25, 0.3) is 0 Å². The molecule has 1 aliphatic carbocycles. The number of hydrogen-bond donors (Lipinski definition) is 1. The van der Waals surface area contributed by atoms with E-state index in [-0.39, 0.29) is 37.4 Å². The van der Waals surface area contributed by atoms with Gasteiger partial charge in [-0.2, -0.15) is 0 Å². The Bertz CT molecular complexity index is 1020. The smallest absolute Gasteiger partial charge is 0.311 e. The van der Waals surface area contributed by atoms with Gasteiger partial charge in [-0.1, -0.05) is 36.4 Å². The highest BCUT2D eigenvalue weighted by atomic mass is 16.5. The van der Waals surface area contributed by atoms with Crippen molar-refractivity contribution in [3.8, 4) is 0 Å². The summed E-state index contributed by atoms with van der Waals surface area (Å²) in [5.74, 6) is -1.47. The van der Waals surface area contributed by atoms with Crippen LogP contribution in [0.4, 0.5) is 5.69 Å². The predicted molar refractivity (Wildman–Crippen MR) is 118 cm³/mol. The largest absolute Gasteiger partial charge is 0.455 e. The minimum Gasteiger partial charge on any atom is -0.455 e. The average molecular weight is 421 g/mol. The second-order valence-electron chi connectivity index (χ2n) is 8.44. The first-order valence-electron chi connectivity index (χ1n) is 10.8. The van der Waals surface area contributed by atoms with Gasteiger partial charge in [0.15, 0.2) is 6.61 Å². The van der Waals surface area contributed by atoms with Crippen molar-refractivity contribution >= 4 is 23.5 Å². The lowest BCUT2D eigenvalue weighted by Gasteiger charge is -2.26. The molecular weight excluding hydrogens is 392 g/mol. The van der Waals surface area contributed by atoms with Crippen LogP contribution in [0.15, 0.2) is 42.5 Å². The van der Waals surface area contributed by atoms with Crippen LogP contribution in [0, 0.1) is 19.8 Å². The van der Waals surface area contributed by atoms with Crippen LogP contribution in [-0.4, -0.2) is 30.9 Å². The Hall–Kier alpha value is -3.15. The number of hydrogen-bond acceptors (Lipinski definition) is 4. The predicted octanol–water partition coefficient (Wildman–Crippen LogP) is 3.39. The summed E-state index contributed by atoms with van der Waals surface area (Å²) in [6.07, 6.45) is 3.01. The first-order chi connectivity index (χ1) is 14.9. The van der Waals surface area contributed by atoms with Crippen molar-refractivity contribution in [1.29, 1.82) is 0 Å². The molecule has 1 N–H and O–H groups in total. The van der Waals surface area contributed by atoms with Crippen molar-refractivity contribution in [2.24, 2.45) is 5.92 Å². The molecule has 1 fully saturated rings. The SMILES string of the molecule is Cc1cccc(N2C[C@@H](C(=O)OCC(=O)N[C@H]3CCCc4ccccc43)CC2=O)c1C. The summed E-state index contributed by atoms with van der Waals surface area (Å²) in [7, 11) is 0. The lowest BCUT2D eigenvalue weighted by atomic mass is 9.88. The van der Waals surface area contributed by atoms with Crippen molar-refractivity contribution < 1.29 is 19.1 Å². The summed E-state index contributed by atoms with van der Waals surface area (Å²) in [5.41, 5.74) is 5.34. The number of carbonyl (C=O) groups is 3. The highest BCUT2D eigenvalue weighted by molar-refractivity contribution is 6.00. The van der Waals surface area contributed by atoms with Crippen molar-refractivity contribution in [1.82, 2.24) is 5.32 Å². The monoisotopic (exact) mass is 420 g/mol. The molecule has 0 saturated carbocycles. The van der Waals surface area contributed by atoms with Gasteiger partial charge in [0.2, 0.25) is 5.91 Å². The van der Waals surface area contributed by atoms with Gasteiger partial charge >= 0.3 is 5.97 Å². The van der Waals surface area contributed by atoms with Gasteiger partial charge in [-0.05, 0) is 61.4 Å². The minimum absolute atomic E-state index is 0.0519. The second kappa shape index (κ2) is 8.92. The molecule has 0 radical (unpaired) electrons. The molecule has 1 aliphatic heterocycles. The molecule has 6 heteroatoms. The Labute approximate surface area is 182 Å². The number of anilines is 1. The van der Waals surface area contributed by atoms with Gasteiger partial charge in [-0.25, -0.2) is 0 Å². The highest BCUT2D eigenvalue weighted by Gasteiger charge is 2.37. The van der Waals surface area contributed by atoms with Crippen LogP contribution in [0.5, 0.6) is 0 Å². The van der Waals surface area contributed by atoms with Crippen LogP contribution in [0.3, 0.4) is 0 Å². The molecule has 2 atom stereocenters. The summed E-state index contributed by atoms with van der Waals surface area (Å²) in [6, 6.07) is 13.9. The van der Waals surface area contributed by atoms with Gasteiger partial charge in [0.1, 0.15) is 0 Å². The zero-order valence-electron chi connectivity index (χ0n) is 18.0. The topological polar surface area (TPSA) is 75.7 Å². The second-order valence-corrected chi connectivity index (χ2v) is 8.44. The molecule has 1 saturated heterocycles. The summed E-state index contributed by atoms with van der Waals surface area (Å²) < 4.78 is 5.27. The van der Waals surface area contributed by atoms with Crippen LogP contribution in [0.1, 0.15) is 47.6 Å². The van der Waals surface area contributed by atoms with Crippen molar-refractivity contribution in [2.75, 3.05) is 18.1 Å². The average Bonchev–Trinajstić information content (AvgIpc) is 3.16. The molecule has 6 nitrogen and oxygen atoms in total. The quantitative estimate of drug-likeness (QED) is 0.753. The van der Waals surface area contributed by atoms with Crippen LogP contribution < -0.4 is 10.2 Å². The fourth-order valence-corrected chi connectivity index (χ4v) is 4.52. The number of aryl methyl sites for hydroxylation is 2. The molecule has 0 spiro atoms. The fraction of sp³-hybridized carbons (Fsp3) is 0.400. The minimum atomic E-state index is -0.560. The molecule has 2 amide bonds. The molecule has 2 aliphatic rings. The number of benzene rings is 2. The van der Waals surface area contributed by atoms with E-state index in [1.165, 1.54) is 5.56 Å². The summed E-state index contributed by atoms with van der Waals surface area (Å²) in [4.78, 5) is 39.1. The first-order valence-corrected chi connectivity index (χ1v) is 10.8. The molecule has 2 aromatic carbocycles. The Balaban J connectivity index is 1.32. The number of fused-ring (bicyclic) bond motifs is 1. The van der Waals surface area contributed by atoms with Crippen molar-refractivity contribution in [2.45, 2.75) is 45.6 Å². The Morgan fingerprint density at radius 3 is 2.77 bits per heavy atom. The summed E-state index contributed by atoms with van der Waals surface area (Å²) in [5, 5.41) is 2.98. The molecule has 31 heavy (non-hydrogen) atoms. The zero-order chi connectivity index (χ0) is 22.0. The maximum Gasteiger partial charge on any atom is 0.311 e. The van der Waals surface area contributed by atoms with Crippen LogP contribution in [0.2, 0.25) is 0 Å². The van der Waals surface area contributed by atoms with E-state index in [0.717, 1.165) is 41.6 Å². The van der Waals surface area contributed by atoms with E-state index in [1.807, 2.05) is 50.2 Å². The molecule has 2 aromatic rings. The van der Waals surface area contributed by atoms with E-state index < -0.39 is 11.9 Å². The summed E-state index contributed by atoms with van der Waals surface area (Å²) in [6.45, 7) is 3.91. The Kier molecular flexibility index (Phi) is 6.07.